The van der Waals surface area contributed by atoms with E-state index in [1.165, 1.54) is 16.4 Å². The topological polar surface area (TPSA) is 92.5 Å². The first-order valence-electron chi connectivity index (χ1n) is 6.58. The van der Waals surface area contributed by atoms with Crippen molar-refractivity contribution in [2.45, 2.75) is 17.4 Å². The Kier molecular flexibility index (Phi) is 3.64. The first-order valence-corrected chi connectivity index (χ1v) is 8.39. The lowest BCUT2D eigenvalue weighted by atomic mass is 10.1. The molecule has 0 aliphatic carbocycles. The number of fused-ring (bicyclic) bond motifs is 1. The van der Waals surface area contributed by atoms with Gasteiger partial charge in [-0.1, -0.05) is 11.6 Å². The molecule has 0 radical (unpaired) electrons. The molecular weight excluding hydrogens is 318 g/mol. The van der Waals surface area contributed by atoms with Gasteiger partial charge in [-0.05, 0) is 31.0 Å². The fourth-order valence-electron chi connectivity index (χ4n) is 3.09. The zero-order valence-corrected chi connectivity index (χ0v) is 12.6. The van der Waals surface area contributed by atoms with E-state index in [9.17, 15) is 18.5 Å². The predicted molar refractivity (Wildman–Crippen MR) is 76.8 cm³/mol. The van der Waals surface area contributed by atoms with Crippen LogP contribution in [-0.4, -0.2) is 43.3 Å². The summed E-state index contributed by atoms with van der Waals surface area (Å²) < 4.78 is 26.9. The van der Waals surface area contributed by atoms with Crippen LogP contribution in [0.25, 0.3) is 0 Å². The number of nitro groups is 1. The summed E-state index contributed by atoms with van der Waals surface area (Å²) >= 11 is 5.74. The van der Waals surface area contributed by atoms with Crippen molar-refractivity contribution >= 4 is 27.3 Å². The number of nitro benzene ring substituents is 1. The van der Waals surface area contributed by atoms with Gasteiger partial charge in [0.15, 0.2) is 4.90 Å². The fourth-order valence-corrected chi connectivity index (χ4v) is 5.09. The van der Waals surface area contributed by atoms with Gasteiger partial charge in [-0.25, -0.2) is 8.42 Å². The van der Waals surface area contributed by atoms with Gasteiger partial charge in [-0.3, -0.25) is 10.1 Å². The predicted octanol–water partition coefficient (Wildman–Crippen LogP) is 1.23. The number of halogens is 1. The van der Waals surface area contributed by atoms with Crippen LogP contribution in [0.15, 0.2) is 23.1 Å². The minimum absolute atomic E-state index is 0.120. The summed E-state index contributed by atoms with van der Waals surface area (Å²) in [5, 5.41) is 14.4. The van der Waals surface area contributed by atoms with Gasteiger partial charge >= 0.3 is 0 Å². The van der Waals surface area contributed by atoms with Crippen LogP contribution in [0.2, 0.25) is 5.02 Å². The zero-order valence-electron chi connectivity index (χ0n) is 11.0. The third kappa shape index (κ3) is 2.42. The smallest absolute Gasteiger partial charge is 0.290 e. The maximum Gasteiger partial charge on any atom is 0.290 e. The highest BCUT2D eigenvalue weighted by molar-refractivity contribution is 7.89. The van der Waals surface area contributed by atoms with Gasteiger partial charge in [-0.2, -0.15) is 4.31 Å². The lowest BCUT2D eigenvalue weighted by molar-refractivity contribution is -0.387. The van der Waals surface area contributed by atoms with Crippen molar-refractivity contribution in [2.24, 2.45) is 5.92 Å². The van der Waals surface area contributed by atoms with E-state index >= 15 is 0 Å². The lowest BCUT2D eigenvalue weighted by Crippen LogP contribution is -2.39. The molecule has 2 atom stereocenters. The molecule has 2 heterocycles. The Hall–Kier alpha value is -1.22. The molecule has 0 saturated carbocycles. The van der Waals surface area contributed by atoms with Crippen molar-refractivity contribution in [3.63, 3.8) is 0 Å². The fraction of sp³-hybridized carbons (Fsp3) is 0.500. The summed E-state index contributed by atoms with van der Waals surface area (Å²) in [5.41, 5.74) is -0.475. The molecule has 7 nitrogen and oxygen atoms in total. The highest BCUT2D eigenvalue weighted by Crippen LogP contribution is 2.36. The van der Waals surface area contributed by atoms with Crippen molar-refractivity contribution in [3.8, 4) is 0 Å². The summed E-state index contributed by atoms with van der Waals surface area (Å²) in [6, 6.07) is 3.53. The molecule has 3 rings (SSSR count). The average Bonchev–Trinajstić information content (AvgIpc) is 2.99. The van der Waals surface area contributed by atoms with Crippen molar-refractivity contribution in [1.29, 1.82) is 0 Å². The number of hydrogen-bond donors (Lipinski definition) is 1. The van der Waals surface area contributed by atoms with Crippen LogP contribution in [0, 0.1) is 16.0 Å². The maximum absolute atomic E-state index is 12.8. The van der Waals surface area contributed by atoms with Crippen LogP contribution in [0.5, 0.6) is 0 Å². The summed E-state index contributed by atoms with van der Waals surface area (Å²) in [5.74, 6) is 0.283. The Labute approximate surface area is 127 Å². The first-order chi connectivity index (χ1) is 9.91. The van der Waals surface area contributed by atoms with E-state index in [1.807, 2.05) is 0 Å². The molecule has 2 aliphatic heterocycles. The van der Waals surface area contributed by atoms with Crippen LogP contribution in [-0.2, 0) is 10.0 Å². The molecule has 0 unspecified atom stereocenters. The highest BCUT2D eigenvalue weighted by Gasteiger charge is 2.45. The Morgan fingerprint density at radius 1 is 1.38 bits per heavy atom. The molecule has 0 spiro atoms. The Bertz CT molecular complexity index is 694. The number of nitrogens with one attached hydrogen (secondary N) is 1. The summed E-state index contributed by atoms with van der Waals surface area (Å²) in [7, 11) is -3.89. The SMILES string of the molecule is O=[N+]([O-])c1cc(Cl)ccc1S(=O)(=O)N1CC[C@H]2CNC[C@H]21. The van der Waals surface area contributed by atoms with Crippen molar-refractivity contribution in [2.75, 3.05) is 19.6 Å². The second kappa shape index (κ2) is 5.20. The van der Waals surface area contributed by atoms with E-state index in [1.54, 1.807) is 0 Å². The molecule has 2 aliphatic rings. The van der Waals surface area contributed by atoms with Crippen LogP contribution in [0.4, 0.5) is 5.69 Å². The molecule has 2 saturated heterocycles. The van der Waals surface area contributed by atoms with Crippen LogP contribution in [0.1, 0.15) is 6.42 Å². The van der Waals surface area contributed by atoms with Gasteiger partial charge in [0.05, 0.1) is 4.92 Å². The van der Waals surface area contributed by atoms with E-state index in [4.69, 9.17) is 11.6 Å². The second-order valence-electron chi connectivity index (χ2n) is 5.26. The number of hydrogen-bond acceptors (Lipinski definition) is 5. The van der Waals surface area contributed by atoms with Crippen molar-refractivity contribution < 1.29 is 13.3 Å². The monoisotopic (exact) mass is 331 g/mol. The Morgan fingerprint density at radius 3 is 2.86 bits per heavy atom. The minimum Gasteiger partial charge on any atom is -0.315 e. The van der Waals surface area contributed by atoms with Gasteiger partial charge < -0.3 is 5.32 Å². The molecule has 2 fully saturated rings. The third-order valence-electron chi connectivity index (χ3n) is 4.10. The second-order valence-corrected chi connectivity index (χ2v) is 7.55. The molecule has 0 bridgehead atoms. The number of rotatable bonds is 3. The van der Waals surface area contributed by atoms with Crippen LogP contribution < -0.4 is 5.32 Å². The zero-order chi connectivity index (χ0) is 15.2. The quantitative estimate of drug-likeness (QED) is 0.664. The molecule has 114 valence electrons. The molecule has 21 heavy (non-hydrogen) atoms. The molecule has 9 heteroatoms. The molecule has 1 aromatic carbocycles. The van der Waals surface area contributed by atoms with Gasteiger partial charge in [0.1, 0.15) is 0 Å². The third-order valence-corrected chi connectivity index (χ3v) is 6.31. The molecule has 0 amide bonds. The number of benzene rings is 1. The summed E-state index contributed by atoms with van der Waals surface area (Å²) in [4.78, 5) is 10.1. The first kappa shape index (κ1) is 14.7. The van der Waals surface area contributed by atoms with E-state index < -0.39 is 20.6 Å². The van der Waals surface area contributed by atoms with E-state index in [-0.39, 0.29) is 21.9 Å². The van der Waals surface area contributed by atoms with E-state index in [2.05, 4.69) is 5.32 Å². The van der Waals surface area contributed by atoms with Crippen molar-refractivity contribution in [3.05, 3.63) is 33.3 Å². The van der Waals surface area contributed by atoms with Gasteiger partial charge in [0.2, 0.25) is 10.0 Å². The maximum atomic E-state index is 12.8. The largest absolute Gasteiger partial charge is 0.315 e. The summed E-state index contributed by atoms with van der Waals surface area (Å²) in [6.45, 7) is 1.78. The molecular formula is C12H14ClN3O4S. The van der Waals surface area contributed by atoms with Gasteiger partial charge in [-0.15, -0.1) is 0 Å². The van der Waals surface area contributed by atoms with Crippen LogP contribution in [0.3, 0.4) is 0 Å². The normalized spacial score (nSPS) is 26.0. The van der Waals surface area contributed by atoms with Crippen molar-refractivity contribution in [1.82, 2.24) is 9.62 Å². The molecule has 1 N–H and O–H groups in total. The standard InChI is InChI=1S/C12H14ClN3O4S/c13-9-1-2-12(10(5-9)16(17)18)21(19,20)15-4-3-8-6-14-7-11(8)15/h1-2,5,8,11,14H,3-4,6-7H2/t8-,11+/m0/s1. The highest BCUT2D eigenvalue weighted by atomic mass is 35.5. The van der Waals surface area contributed by atoms with Gasteiger partial charge in [0.25, 0.3) is 5.69 Å². The van der Waals surface area contributed by atoms with Gasteiger partial charge in [0, 0.05) is 30.2 Å². The number of sulfonamides is 1. The lowest BCUT2D eigenvalue weighted by Gasteiger charge is -2.22. The average molecular weight is 332 g/mol. The van der Waals surface area contributed by atoms with Crippen LogP contribution >= 0.6 is 11.6 Å². The van der Waals surface area contributed by atoms with E-state index in [0.29, 0.717) is 13.1 Å². The Balaban J connectivity index is 2.05. The van der Waals surface area contributed by atoms with E-state index in [0.717, 1.165) is 19.0 Å². The molecule has 1 aromatic rings. The summed E-state index contributed by atoms with van der Waals surface area (Å²) in [6.07, 6.45) is 0.776. The molecule has 0 aromatic heterocycles. The Morgan fingerprint density at radius 2 is 2.14 bits per heavy atom. The number of nitrogens with zero attached hydrogens (tertiary/aromatic N) is 2. The minimum atomic E-state index is -3.89.